The first kappa shape index (κ1) is 12.3. The predicted molar refractivity (Wildman–Crippen MR) is 67.5 cm³/mol. The fraction of sp³-hybridized carbons (Fsp3) is 0.600. The average Bonchev–Trinajstić information content (AvgIpc) is 2.52. The first-order chi connectivity index (χ1) is 7.96. The standard InChI is InChI=1S/C15H20O2/c1-10-4-12(8-16)13(9-17)5-11-6-15(2,3)7-14(10)11/h5,8-10,12H,4,6-7H2,1-3H3/t10-,12+/m1/s1. The zero-order valence-corrected chi connectivity index (χ0v) is 10.8. The third-order valence-electron chi connectivity index (χ3n) is 4.02. The van der Waals surface area contributed by atoms with E-state index in [2.05, 4.69) is 20.8 Å². The van der Waals surface area contributed by atoms with Crippen LogP contribution in [0.4, 0.5) is 0 Å². The highest BCUT2D eigenvalue weighted by Crippen LogP contribution is 2.47. The molecule has 0 heterocycles. The normalized spacial score (nSPS) is 31.6. The number of allylic oxidation sites excluding steroid dienone is 4. The Bertz CT molecular complexity index is 413. The van der Waals surface area contributed by atoms with Crippen molar-refractivity contribution in [3.8, 4) is 0 Å². The molecule has 0 saturated heterocycles. The Balaban J connectivity index is 2.39. The molecule has 92 valence electrons. The lowest BCUT2D eigenvalue weighted by molar-refractivity contribution is -0.112. The van der Waals surface area contributed by atoms with Gasteiger partial charge in [-0.1, -0.05) is 32.4 Å². The molecule has 2 aliphatic carbocycles. The molecule has 17 heavy (non-hydrogen) atoms. The van der Waals surface area contributed by atoms with E-state index in [9.17, 15) is 9.59 Å². The summed E-state index contributed by atoms with van der Waals surface area (Å²) in [6.45, 7) is 6.70. The van der Waals surface area contributed by atoms with Crippen molar-refractivity contribution in [1.82, 2.24) is 0 Å². The first-order valence-electron chi connectivity index (χ1n) is 6.31. The molecule has 2 atom stereocenters. The molecule has 2 rings (SSSR count). The molecule has 0 aromatic heterocycles. The molecule has 0 aromatic carbocycles. The number of hydrogen-bond acceptors (Lipinski definition) is 2. The molecular formula is C15H20O2. The quantitative estimate of drug-likeness (QED) is 0.686. The number of hydrogen-bond donors (Lipinski definition) is 0. The van der Waals surface area contributed by atoms with Crippen molar-refractivity contribution < 1.29 is 9.59 Å². The summed E-state index contributed by atoms with van der Waals surface area (Å²) in [6.07, 6.45) is 6.65. The summed E-state index contributed by atoms with van der Waals surface area (Å²) < 4.78 is 0. The van der Waals surface area contributed by atoms with Crippen molar-refractivity contribution >= 4 is 12.6 Å². The van der Waals surface area contributed by atoms with Gasteiger partial charge in [-0.25, -0.2) is 0 Å². The van der Waals surface area contributed by atoms with E-state index >= 15 is 0 Å². The number of aldehydes is 2. The average molecular weight is 232 g/mol. The van der Waals surface area contributed by atoms with Crippen LogP contribution in [0.5, 0.6) is 0 Å². The molecule has 0 N–H and O–H groups in total. The summed E-state index contributed by atoms with van der Waals surface area (Å²) >= 11 is 0. The topological polar surface area (TPSA) is 34.1 Å². The van der Waals surface area contributed by atoms with Crippen LogP contribution in [0.15, 0.2) is 22.8 Å². The van der Waals surface area contributed by atoms with Crippen molar-refractivity contribution in [2.45, 2.75) is 40.0 Å². The van der Waals surface area contributed by atoms with Gasteiger partial charge in [0.2, 0.25) is 0 Å². The van der Waals surface area contributed by atoms with E-state index in [1.54, 1.807) is 0 Å². The van der Waals surface area contributed by atoms with Gasteiger partial charge in [-0.2, -0.15) is 0 Å². The van der Waals surface area contributed by atoms with Crippen LogP contribution < -0.4 is 0 Å². The minimum Gasteiger partial charge on any atom is -0.303 e. The summed E-state index contributed by atoms with van der Waals surface area (Å²) in [6, 6.07) is 0. The van der Waals surface area contributed by atoms with Crippen LogP contribution in [0.25, 0.3) is 0 Å². The van der Waals surface area contributed by atoms with E-state index in [0.29, 0.717) is 16.9 Å². The van der Waals surface area contributed by atoms with E-state index in [0.717, 1.165) is 31.8 Å². The molecule has 0 unspecified atom stereocenters. The van der Waals surface area contributed by atoms with Gasteiger partial charge in [0.25, 0.3) is 0 Å². The summed E-state index contributed by atoms with van der Waals surface area (Å²) in [5.41, 5.74) is 3.72. The van der Waals surface area contributed by atoms with Crippen LogP contribution >= 0.6 is 0 Å². The zero-order chi connectivity index (χ0) is 12.6. The van der Waals surface area contributed by atoms with Gasteiger partial charge in [0.1, 0.15) is 12.6 Å². The van der Waals surface area contributed by atoms with Crippen molar-refractivity contribution in [2.75, 3.05) is 0 Å². The van der Waals surface area contributed by atoms with Gasteiger partial charge in [0.15, 0.2) is 0 Å². The highest BCUT2D eigenvalue weighted by Gasteiger charge is 2.35. The Morgan fingerprint density at radius 2 is 2.00 bits per heavy atom. The van der Waals surface area contributed by atoms with Crippen LogP contribution in [-0.4, -0.2) is 12.6 Å². The van der Waals surface area contributed by atoms with Gasteiger partial charge in [-0.3, -0.25) is 4.79 Å². The van der Waals surface area contributed by atoms with Crippen LogP contribution in [0, 0.1) is 17.3 Å². The van der Waals surface area contributed by atoms with Crippen LogP contribution in [0.1, 0.15) is 40.0 Å². The van der Waals surface area contributed by atoms with E-state index in [4.69, 9.17) is 0 Å². The number of carbonyl (C=O) groups is 2. The number of carbonyl (C=O) groups excluding carboxylic acids is 2. The molecule has 0 aromatic rings. The van der Waals surface area contributed by atoms with Crippen molar-refractivity contribution in [2.24, 2.45) is 17.3 Å². The SMILES string of the molecule is C[C@@H]1C[C@@H](C=O)C(C=O)=CC2=C1CC(C)(C)C2. The lowest BCUT2D eigenvalue weighted by Gasteiger charge is -2.21. The van der Waals surface area contributed by atoms with Crippen molar-refractivity contribution in [3.63, 3.8) is 0 Å². The van der Waals surface area contributed by atoms with E-state index in [1.807, 2.05) is 6.08 Å². The van der Waals surface area contributed by atoms with Crippen LogP contribution in [0.3, 0.4) is 0 Å². The van der Waals surface area contributed by atoms with Crippen molar-refractivity contribution in [1.29, 1.82) is 0 Å². The number of rotatable bonds is 2. The summed E-state index contributed by atoms with van der Waals surface area (Å²) in [5.74, 6) is 0.201. The second-order valence-corrected chi connectivity index (χ2v) is 6.21. The monoisotopic (exact) mass is 232 g/mol. The third-order valence-corrected chi connectivity index (χ3v) is 4.02. The summed E-state index contributed by atoms with van der Waals surface area (Å²) in [4.78, 5) is 22.1. The van der Waals surface area contributed by atoms with E-state index in [1.165, 1.54) is 11.1 Å². The largest absolute Gasteiger partial charge is 0.303 e. The molecule has 0 aliphatic heterocycles. The molecule has 0 fully saturated rings. The van der Waals surface area contributed by atoms with Crippen molar-refractivity contribution in [3.05, 3.63) is 22.8 Å². The van der Waals surface area contributed by atoms with Crippen LogP contribution in [-0.2, 0) is 9.59 Å². The van der Waals surface area contributed by atoms with E-state index < -0.39 is 0 Å². The summed E-state index contributed by atoms with van der Waals surface area (Å²) in [7, 11) is 0. The Morgan fingerprint density at radius 3 is 2.59 bits per heavy atom. The maximum atomic E-state index is 11.1. The molecule has 2 nitrogen and oxygen atoms in total. The Hall–Kier alpha value is -1.18. The Kier molecular flexibility index (Phi) is 3.07. The van der Waals surface area contributed by atoms with Gasteiger partial charge >= 0.3 is 0 Å². The lowest BCUT2D eigenvalue weighted by atomic mass is 9.83. The second kappa shape index (κ2) is 4.25. The van der Waals surface area contributed by atoms with Gasteiger partial charge in [-0.15, -0.1) is 0 Å². The smallest absolute Gasteiger partial charge is 0.146 e. The van der Waals surface area contributed by atoms with E-state index in [-0.39, 0.29) is 5.92 Å². The van der Waals surface area contributed by atoms with Gasteiger partial charge in [0, 0.05) is 11.5 Å². The van der Waals surface area contributed by atoms with Gasteiger partial charge in [-0.05, 0) is 36.2 Å². The molecule has 2 aliphatic rings. The highest BCUT2D eigenvalue weighted by atomic mass is 16.1. The fourth-order valence-corrected chi connectivity index (χ4v) is 3.18. The lowest BCUT2D eigenvalue weighted by Crippen LogP contribution is -2.13. The third kappa shape index (κ3) is 2.26. The molecule has 0 amide bonds. The molecule has 0 saturated carbocycles. The van der Waals surface area contributed by atoms with Gasteiger partial charge < -0.3 is 4.79 Å². The van der Waals surface area contributed by atoms with Gasteiger partial charge in [0.05, 0.1) is 0 Å². The maximum Gasteiger partial charge on any atom is 0.146 e. The summed E-state index contributed by atoms with van der Waals surface area (Å²) in [5, 5.41) is 0. The first-order valence-corrected chi connectivity index (χ1v) is 6.31. The predicted octanol–water partition coefficient (Wildman–Crippen LogP) is 3.08. The molecule has 2 heteroatoms. The molecular weight excluding hydrogens is 212 g/mol. The minimum absolute atomic E-state index is 0.212. The highest BCUT2D eigenvalue weighted by molar-refractivity contribution is 5.82. The fourth-order valence-electron chi connectivity index (χ4n) is 3.18. The van der Waals surface area contributed by atoms with Crippen LogP contribution in [0.2, 0.25) is 0 Å². The zero-order valence-electron chi connectivity index (χ0n) is 10.8. The molecule has 0 bridgehead atoms. The molecule has 0 radical (unpaired) electrons. The minimum atomic E-state index is -0.212. The second-order valence-electron chi connectivity index (χ2n) is 6.21. The molecule has 0 spiro atoms. The maximum absolute atomic E-state index is 11.1. The Morgan fingerprint density at radius 1 is 1.29 bits per heavy atom. The Labute approximate surface area is 103 Å².